The molecule has 2 nitrogen and oxygen atoms in total. The minimum atomic E-state index is 0.277. The van der Waals surface area contributed by atoms with Crippen molar-refractivity contribution >= 4 is 11.6 Å². The summed E-state index contributed by atoms with van der Waals surface area (Å²) in [7, 11) is 2.10. The molecule has 0 spiro atoms. The van der Waals surface area contributed by atoms with Gasteiger partial charge in [0.05, 0.1) is 6.61 Å². The van der Waals surface area contributed by atoms with Crippen molar-refractivity contribution in [2.45, 2.75) is 25.6 Å². The standard InChI is InChI=1S/C9H20ClNO/c1-4-12-8-7-11(3)6-5-9(2)10/h9H,4-8H2,1-3H3. The molecule has 0 aliphatic carbocycles. The molecule has 0 saturated carbocycles. The summed E-state index contributed by atoms with van der Waals surface area (Å²) in [6.07, 6.45) is 1.05. The van der Waals surface area contributed by atoms with Crippen molar-refractivity contribution in [3.05, 3.63) is 0 Å². The molecule has 0 rings (SSSR count). The lowest BCUT2D eigenvalue weighted by Crippen LogP contribution is -2.25. The van der Waals surface area contributed by atoms with Crippen molar-refractivity contribution in [3.8, 4) is 0 Å². The summed E-state index contributed by atoms with van der Waals surface area (Å²) in [6.45, 7) is 7.72. The molecular formula is C9H20ClNO. The van der Waals surface area contributed by atoms with Gasteiger partial charge in [-0.15, -0.1) is 11.6 Å². The largest absolute Gasteiger partial charge is 0.380 e. The number of hydrogen-bond donors (Lipinski definition) is 0. The first-order valence-corrected chi connectivity index (χ1v) is 5.00. The lowest BCUT2D eigenvalue weighted by molar-refractivity contribution is 0.122. The number of alkyl halides is 1. The number of halogens is 1. The van der Waals surface area contributed by atoms with Crippen LogP contribution in [0.4, 0.5) is 0 Å². The zero-order valence-corrected chi connectivity index (χ0v) is 9.10. The molecule has 0 aliphatic heterocycles. The molecule has 0 bridgehead atoms. The quantitative estimate of drug-likeness (QED) is 0.453. The van der Waals surface area contributed by atoms with E-state index in [-0.39, 0.29) is 5.38 Å². The Hall–Kier alpha value is 0.210. The van der Waals surface area contributed by atoms with Gasteiger partial charge in [0.15, 0.2) is 0 Å². The minimum Gasteiger partial charge on any atom is -0.380 e. The van der Waals surface area contributed by atoms with E-state index in [1.807, 2.05) is 13.8 Å². The third-order valence-electron chi connectivity index (χ3n) is 1.73. The van der Waals surface area contributed by atoms with Gasteiger partial charge in [-0.25, -0.2) is 0 Å². The topological polar surface area (TPSA) is 12.5 Å². The molecule has 0 saturated heterocycles. The molecule has 0 aromatic carbocycles. The Morgan fingerprint density at radius 3 is 2.58 bits per heavy atom. The average molecular weight is 194 g/mol. The van der Waals surface area contributed by atoms with Gasteiger partial charge in [-0.2, -0.15) is 0 Å². The summed E-state index contributed by atoms with van der Waals surface area (Å²) >= 11 is 5.83. The van der Waals surface area contributed by atoms with E-state index in [1.54, 1.807) is 0 Å². The van der Waals surface area contributed by atoms with Gasteiger partial charge in [-0.1, -0.05) is 0 Å². The van der Waals surface area contributed by atoms with Gasteiger partial charge >= 0.3 is 0 Å². The fourth-order valence-electron chi connectivity index (χ4n) is 0.875. The second kappa shape index (κ2) is 7.84. The van der Waals surface area contributed by atoms with Crippen LogP contribution in [-0.4, -0.2) is 43.6 Å². The Bertz CT molecular complexity index is 98.5. The van der Waals surface area contributed by atoms with E-state index in [0.29, 0.717) is 0 Å². The molecule has 12 heavy (non-hydrogen) atoms. The first-order chi connectivity index (χ1) is 5.66. The molecule has 1 atom stereocenters. The van der Waals surface area contributed by atoms with Gasteiger partial charge in [0, 0.05) is 18.5 Å². The zero-order chi connectivity index (χ0) is 9.40. The van der Waals surface area contributed by atoms with Crippen LogP contribution in [0.15, 0.2) is 0 Å². The van der Waals surface area contributed by atoms with Crippen molar-refractivity contribution in [2.24, 2.45) is 0 Å². The van der Waals surface area contributed by atoms with Gasteiger partial charge < -0.3 is 9.64 Å². The molecule has 0 amide bonds. The average Bonchev–Trinajstić information content (AvgIpc) is 2.01. The third kappa shape index (κ3) is 8.31. The number of ether oxygens (including phenoxy) is 1. The first-order valence-electron chi connectivity index (χ1n) is 4.57. The lowest BCUT2D eigenvalue weighted by Gasteiger charge is -2.16. The number of hydrogen-bond acceptors (Lipinski definition) is 2. The van der Waals surface area contributed by atoms with Crippen molar-refractivity contribution in [1.82, 2.24) is 4.90 Å². The molecule has 0 aromatic rings. The van der Waals surface area contributed by atoms with Gasteiger partial charge in [0.2, 0.25) is 0 Å². The van der Waals surface area contributed by atoms with Crippen LogP contribution in [-0.2, 0) is 4.74 Å². The summed E-state index contributed by atoms with van der Waals surface area (Å²) in [6, 6.07) is 0. The molecule has 3 heteroatoms. The van der Waals surface area contributed by atoms with E-state index in [0.717, 1.165) is 32.7 Å². The van der Waals surface area contributed by atoms with Crippen LogP contribution in [0.25, 0.3) is 0 Å². The van der Waals surface area contributed by atoms with Crippen LogP contribution in [0.1, 0.15) is 20.3 Å². The number of rotatable bonds is 7. The highest BCUT2D eigenvalue weighted by Crippen LogP contribution is 2.00. The number of likely N-dealkylation sites (N-methyl/N-ethyl adjacent to an activating group) is 1. The van der Waals surface area contributed by atoms with E-state index in [2.05, 4.69) is 11.9 Å². The molecule has 0 fully saturated rings. The summed E-state index contributed by atoms with van der Waals surface area (Å²) in [5.74, 6) is 0. The van der Waals surface area contributed by atoms with Gasteiger partial charge in [-0.3, -0.25) is 0 Å². The van der Waals surface area contributed by atoms with Crippen LogP contribution < -0.4 is 0 Å². The fourth-order valence-corrected chi connectivity index (χ4v) is 0.972. The Morgan fingerprint density at radius 1 is 1.42 bits per heavy atom. The van der Waals surface area contributed by atoms with Crippen LogP contribution in [0.5, 0.6) is 0 Å². The Balaban J connectivity index is 3.15. The molecule has 0 radical (unpaired) electrons. The highest BCUT2D eigenvalue weighted by Gasteiger charge is 2.00. The van der Waals surface area contributed by atoms with Crippen molar-refractivity contribution in [2.75, 3.05) is 33.4 Å². The van der Waals surface area contributed by atoms with Gasteiger partial charge in [-0.05, 0) is 33.9 Å². The monoisotopic (exact) mass is 193 g/mol. The second-order valence-electron chi connectivity index (χ2n) is 3.07. The van der Waals surface area contributed by atoms with E-state index >= 15 is 0 Å². The van der Waals surface area contributed by atoms with Crippen LogP contribution in [0, 0.1) is 0 Å². The van der Waals surface area contributed by atoms with Crippen molar-refractivity contribution in [3.63, 3.8) is 0 Å². The predicted octanol–water partition coefficient (Wildman–Crippen LogP) is 1.97. The number of nitrogens with zero attached hydrogens (tertiary/aromatic N) is 1. The lowest BCUT2D eigenvalue weighted by atomic mass is 10.3. The van der Waals surface area contributed by atoms with Crippen LogP contribution in [0.3, 0.4) is 0 Å². The van der Waals surface area contributed by atoms with Crippen LogP contribution in [0.2, 0.25) is 0 Å². The normalized spacial score (nSPS) is 13.8. The third-order valence-corrected chi connectivity index (χ3v) is 1.95. The van der Waals surface area contributed by atoms with E-state index in [9.17, 15) is 0 Å². The minimum absolute atomic E-state index is 0.277. The fraction of sp³-hybridized carbons (Fsp3) is 1.00. The zero-order valence-electron chi connectivity index (χ0n) is 8.35. The summed E-state index contributed by atoms with van der Waals surface area (Å²) < 4.78 is 5.24. The highest BCUT2D eigenvalue weighted by molar-refractivity contribution is 6.20. The summed E-state index contributed by atoms with van der Waals surface area (Å²) in [5, 5.41) is 0.277. The SMILES string of the molecule is CCOCCN(C)CCC(C)Cl. The molecule has 0 aromatic heterocycles. The van der Waals surface area contributed by atoms with E-state index in [1.165, 1.54) is 0 Å². The summed E-state index contributed by atoms with van der Waals surface area (Å²) in [5.41, 5.74) is 0. The molecule has 0 heterocycles. The van der Waals surface area contributed by atoms with Gasteiger partial charge in [0.1, 0.15) is 0 Å². The first kappa shape index (κ1) is 12.2. The molecule has 1 unspecified atom stereocenters. The molecule has 74 valence electrons. The Labute approximate surface area is 80.8 Å². The summed E-state index contributed by atoms with van der Waals surface area (Å²) in [4.78, 5) is 2.24. The smallest absolute Gasteiger partial charge is 0.0593 e. The maximum atomic E-state index is 5.83. The van der Waals surface area contributed by atoms with Crippen LogP contribution >= 0.6 is 11.6 Å². The van der Waals surface area contributed by atoms with Gasteiger partial charge in [0.25, 0.3) is 0 Å². The second-order valence-corrected chi connectivity index (χ2v) is 3.81. The maximum absolute atomic E-state index is 5.83. The predicted molar refractivity (Wildman–Crippen MR) is 53.9 cm³/mol. The van der Waals surface area contributed by atoms with E-state index < -0.39 is 0 Å². The molecular weight excluding hydrogens is 174 g/mol. The van der Waals surface area contributed by atoms with Crippen molar-refractivity contribution < 1.29 is 4.74 Å². The Kier molecular flexibility index (Phi) is 7.98. The highest BCUT2D eigenvalue weighted by atomic mass is 35.5. The maximum Gasteiger partial charge on any atom is 0.0593 e. The molecule has 0 aliphatic rings. The van der Waals surface area contributed by atoms with Crippen molar-refractivity contribution in [1.29, 1.82) is 0 Å². The molecule has 0 N–H and O–H groups in total. The Morgan fingerprint density at radius 2 is 2.08 bits per heavy atom. The van der Waals surface area contributed by atoms with E-state index in [4.69, 9.17) is 16.3 Å².